The SMILES string of the molecule is O=C(O)C=C1CCN(Cc2ccccc2Cl)CC1. The van der Waals surface area contributed by atoms with E-state index in [1.54, 1.807) is 0 Å². The fourth-order valence-electron chi connectivity index (χ4n) is 2.18. The summed E-state index contributed by atoms with van der Waals surface area (Å²) < 4.78 is 0. The molecule has 2 rings (SSSR count). The molecule has 0 spiro atoms. The van der Waals surface area contributed by atoms with Crippen molar-refractivity contribution in [2.75, 3.05) is 13.1 Å². The number of nitrogens with zero attached hydrogens (tertiary/aromatic N) is 1. The number of hydrogen-bond acceptors (Lipinski definition) is 2. The van der Waals surface area contributed by atoms with Crippen LogP contribution in [-0.4, -0.2) is 29.1 Å². The van der Waals surface area contributed by atoms with Crippen LogP contribution in [0.25, 0.3) is 0 Å². The summed E-state index contributed by atoms with van der Waals surface area (Å²) in [6.07, 6.45) is 3.00. The Kier molecular flexibility index (Phi) is 4.39. The van der Waals surface area contributed by atoms with E-state index in [-0.39, 0.29) is 0 Å². The van der Waals surface area contributed by atoms with Crippen LogP contribution in [0.2, 0.25) is 5.02 Å². The summed E-state index contributed by atoms with van der Waals surface area (Å²) in [7, 11) is 0. The van der Waals surface area contributed by atoms with Crippen molar-refractivity contribution in [1.82, 2.24) is 4.90 Å². The number of hydrogen-bond donors (Lipinski definition) is 1. The average molecular weight is 266 g/mol. The lowest BCUT2D eigenvalue weighted by Gasteiger charge is -2.28. The molecule has 1 N–H and O–H groups in total. The van der Waals surface area contributed by atoms with Crippen molar-refractivity contribution in [3.63, 3.8) is 0 Å². The topological polar surface area (TPSA) is 40.5 Å². The van der Waals surface area contributed by atoms with Gasteiger partial charge >= 0.3 is 5.97 Å². The molecule has 1 aromatic rings. The zero-order valence-corrected chi connectivity index (χ0v) is 10.9. The van der Waals surface area contributed by atoms with Crippen LogP contribution < -0.4 is 0 Å². The van der Waals surface area contributed by atoms with Crippen molar-refractivity contribution in [2.24, 2.45) is 0 Å². The van der Waals surface area contributed by atoms with Gasteiger partial charge in [0, 0.05) is 30.7 Å². The lowest BCUT2D eigenvalue weighted by molar-refractivity contribution is -0.131. The molecule has 18 heavy (non-hydrogen) atoms. The molecule has 0 saturated carbocycles. The van der Waals surface area contributed by atoms with Gasteiger partial charge in [-0.15, -0.1) is 0 Å². The maximum absolute atomic E-state index is 10.6. The second-order valence-electron chi connectivity index (χ2n) is 4.51. The Morgan fingerprint density at radius 3 is 2.61 bits per heavy atom. The number of aliphatic carboxylic acids is 1. The third-order valence-electron chi connectivity index (χ3n) is 3.18. The van der Waals surface area contributed by atoms with Crippen LogP contribution in [0, 0.1) is 0 Å². The monoisotopic (exact) mass is 265 g/mol. The molecule has 96 valence electrons. The van der Waals surface area contributed by atoms with Gasteiger partial charge in [0.1, 0.15) is 0 Å². The molecular weight excluding hydrogens is 250 g/mol. The van der Waals surface area contributed by atoms with E-state index in [9.17, 15) is 4.79 Å². The lowest BCUT2D eigenvalue weighted by atomic mass is 10.0. The lowest BCUT2D eigenvalue weighted by Crippen LogP contribution is -2.30. The fraction of sp³-hybridized carbons (Fsp3) is 0.357. The molecule has 0 amide bonds. The smallest absolute Gasteiger partial charge is 0.328 e. The summed E-state index contributed by atoms with van der Waals surface area (Å²) in [5, 5.41) is 9.49. The maximum atomic E-state index is 10.6. The summed E-state index contributed by atoms with van der Waals surface area (Å²) in [6, 6.07) is 7.85. The molecule has 0 atom stereocenters. The number of rotatable bonds is 3. The van der Waals surface area contributed by atoms with Crippen LogP contribution in [0.4, 0.5) is 0 Å². The third kappa shape index (κ3) is 3.59. The first-order valence-corrected chi connectivity index (χ1v) is 6.41. The van der Waals surface area contributed by atoms with Crippen molar-refractivity contribution in [3.8, 4) is 0 Å². The number of likely N-dealkylation sites (tertiary alicyclic amines) is 1. The molecule has 1 heterocycles. The van der Waals surface area contributed by atoms with Gasteiger partial charge in [-0.2, -0.15) is 0 Å². The number of carboxylic acid groups (broad SMARTS) is 1. The van der Waals surface area contributed by atoms with E-state index in [0.717, 1.165) is 48.6 Å². The van der Waals surface area contributed by atoms with Gasteiger partial charge in [-0.1, -0.05) is 35.4 Å². The molecule has 0 unspecified atom stereocenters. The van der Waals surface area contributed by atoms with Crippen LogP contribution in [0.15, 0.2) is 35.9 Å². The largest absolute Gasteiger partial charge is 0.478 e. The van der Waals surface area contributed by atoms with E-state index in [0.29, 0.717) is 0 Å². The number of carboxylic acids is 1. The first kappa shape index (κ1) is 13.1. The van der Waals surface area contributed by atoms with E-state index in [1.165, 1.54) is 6.08 Å². The molecule has 0 aliphatic carbocycles. The first-order chi connectivity index (χ1) is 8.65. The minimum atomic E-state index is -0.843. The zero-order chi connectivity index (χ0) is 13.0. The summed E-state index contributed by atoms with van der Waals surface area (Å²) in [5.74, 6) is -0.843. The Bertz CT molecular complexity index is 461. The maximum Gasteiger partial charge on any atom is 0.328 e. The predicted octanol–water partition coefficient (Wildman–Crippen LogP) is 2.95. The summed E-state index contributed by atoms with van der Waals surface area (Å²) in [4.78, 5) is 12.9. The predicted molar refractivity (Wildman–Crippen MR) is 71.7 cm³/mol. The highest BCUT2D eigenvalue weighted by atomic mass is 35.5. The van der Waals surface area contributed by atoms with Crippen LogP contribution in [-0.2, 0) is 11.3 Å². The molecule has 1 aliphatic heterocycles. The van der Waals surface area contributed by atoms with Crippen LogP contribution in [0.3, 0.4) is 0 Å². The van der Waals surface area contributed by atoms with E-state index >= 15 is 0 Å². The van der Waals surface area contributed by atoms with Crippen molar-refractivity contribution >= 4 is 17.6 Å². The molecule has 1 fully saturated rings. The van der Waals surface area contributed by atoms with Gasteiger partial charge in [-0.25, -0.2) is 4.79 Å². The minimum Gasteiger partial charge on any atom is -0.478 e. The Labute approximate surface area is 112 Å². The van der Waals surface area contributed by atoms with Crippen molar-refractivity contribution in [2.45, 2.75) is 19.4 Å². The standard InChI is InChI=1S/C14H16ClNO2/c15-13-4-2-1-3-12(13)10-16-7-5-11(6-8-16)9-14(17)18/h1-4,9H,5-8,10H2,(H,17,18). The van der Waals surface area contributed by atoms with Gasteiger partial charge in [0.05, 0.1) is 0 Å². The molecule has 1 saturated heterocycles. The van der Waals surface area contributed by atoms with Crippen LogP contribution in [0.5, 0.6) is 0 Å². The molecule has 4 heteroatoms. The van der Waals surface area contributed by atoms with Crippen LogP contribution in [0.1, 0.15) is 18.4 Å². The van der Waals surface area contributed by atoms with Crippen molar-refractivity contribution in [1.29, 1.82) is 0 Å². The van der Waals surface area contributed by atoms with Gasteiger partial charge in [-0.3, -0.25) is 4.90 Å². The second-order valence-corrected chi connectivity index (χ2v) is 4.92. The van der Waals surface area contributed by atoms with Crippen LogP contribution >= 0.6 is 11.6 Å². The number of benzene rings is 1. The summed E-state index contributed by atoms with van der Waals surface area (Å²) >= 11 is 6.13. The fourth-order valence-corrected chi connectivity index (χ4v) is 2.38. The van der Waals surface area contributed by atoms with E-state index in [4.69, 9.17) is 16.7 Å². The molecule has 1 aromatic carbocycles. The Balaban J connectivity index is 1.91. The van der Waals surface area contributed by atoms with Gasteiger partial charge in [-0.05, 0) is 24.5 Å². The minimum absolute atomic E-state index is 0.796. The van der Waals surface area contributed by atoms with Gasteiger partial charge in [0.15, 0.2) is 0 Å². The molecule has 0 aromatic heterocycles. The first-order valence-electron chi connectivity index (χ1n) is 6.03. The Morgan fingerprint density at radius 2 is 2.00 bits per heavy atom. The van der Waals surface area contributed by atoms with Crippen molar-refractivity contribution in [3.05, 3.63) is 46.5 Å². The van der Waals surface area contributed by atoms with Gasteiger partial charge < -0.3 is 5.11 Å². The van der Waals surface area contributed by atoms with Gasteiger partial charge in [0.25, 0.3) is 0 Å². The molecule has 0 bridgehead atoms. The zero-order valence-electron chi connectivity index (χ0n) is 10.1. The highest BCUT2D eigenvalue weighted by Crippen LogP contribution is 2.21. The molecule has 3 nitrogen and oxygen atoms in total. The summed E-state index contributed by atoms with van der Waals surface area (Å²) in [6.45, 7) is 2.62. The third-order valence-corrected chi connectivity index (χ3v) is 3.55. The molecule has 1 aliphatic rings. The Morgan fingerprint density at radius 1 is 1.33 bits per heavy atom. The highest BCUT2D eigenvalue weighted by Gasteiger charge is 2.15. The molecular formula is C14H16ClNO2. The van der Waals surface area contributed by atoms with E-state index in [2.05, 4.69) is 4.90 Å². The Hall–Kier alpha value is -1.32. The van der Waals surface area contributed by atoms with E-state index in [1.807, 2.05) is 24.3 Å². The summed E-state index contributed by atoms with van der Waals surface area (Å²) in [5.41, 5.74) is 2.16. The number of carbonyl (C=O) groups is 1. The number of piperidine rings is 1. The molecule has 0 radical (unpaired) electrons. The quantitative estimate of drug-likeness (QED) is 0.855. The van der Waals surface area contributed by atoms with Gasteiger partial charge in [0.2, 0.25) is 0 Å². The second kappa shape index (κ2) is 6.03. The van der Waals surface area contributed by atoms with Crippen molar-refractivity contribution < 1.29 is 9.90 Å². The normalized spacial score (nSPS) is 16.6. The van der Waals surface area contributed by atoms with E-state index < -0.39 is 5.97 Å². The highest BCUT2D eigenvalue weighted by molar-refractivity contribution is 6.31. The average Bonchev–Trinajstić information content (AvgIpc) is 2.34. The number of halogens is 1.